The quantitative estimate of drug-likeness (QED) is 0.930. The molecule has 1 heterocycles. The smallest absolute Gasteiger partial charge is 0.336 e. The minimum absolute atomic E-state index is 0. The van der Waals surface area contributed by atoms with Gasteiger partial charge < -0.3 is 10.2 Å². The number of carbonyl (C=O) groups excluding carboxylic acids is 1. The maximum atomic E-state index is 14.2. The van der Waals surface area contributed by atoms with Gasteiger partial charge in [0.25, 0.3) is 5.91 Å². The van der Waals surface area contributed by atoms with Gasteiger partial charge in [-0.15, -0.1) is 12.4 Å². The molecule has 0 saturated carbocycles. The predicted molar refractivity (Wildman–Crippen MR) is 76.2 cm³/mol. The summed E-state index contributed by atoms with van der Waals surface area (Å²) in [7, 11) is 1.79. The van der Waals surface area contributed by atoms with Crippen molar-refractivity contribution < 1.29 is 13.6 Å². The first kappa shape index (κ1) is 16.9. The molecule has 1 atom stereocenters. The Bertz CT molecular complexity index is 442. The number of rotatable bonds is 3. The number of halogens is 3. The van der Waals surface area contributed by atoms with E-state index in [0.29, 0.717) is 13.1 Å². The highest BCUT2D eigenvalue weighted by molar-refractivity contribution is 5.85. The molecule has 6 heteroatoms. The topological polar surface area (TPSA) is 32.3 Å². The number of nitrogens with one attached hydrogen (secondary N) is 1. The zero-order valence-corrected chi connectivity index (χ0v) is 12.1. The number of piperidine rings is 1. The molecule has 0 bridgehead atoms. The maximum absolute atomic E-state index is 14.2. The first-order valence-electron chi connectivity index (χ1n) is 6.45. The molecule has 1 saturated heterocycles. The molecule has 0 spiro atoms. The van der Waals surface area contributed by atoms with Crippen molar-refractivity contribution in [2.24, 2.45) is 0 Å². The molecule has 1 fully saturated rings. The number of hydrogen-bond donors (Lipinski definition) is 1. The molecule has 3 nitrogen and oxygen atoms in total. The minimum Gasteiger partial charge on any atom is -0.336 e. The van der Waals surface area contributed by atoms with Crippen LogP contribution in [0.2, 0.25) is 0 Å². The van der Waals surface area contributed by atoms with Gasteiger partial charge in [0, 0.05) is 24.7 Å². The minimum atomic E-state index is -3.45. The third-order valence-electron chi connectivity index (χ3n) is 3.52. The number of amides is 1. The Hall–Kier alpha value is -1.20. The summed E-state index contributed by atoms with van der Waals surface area (Å²) in [5.41, 5.74) is -0.244. The van der Waals surface area contributed by atoms with Crippen LogP contribution in [0.25, 0.3) is 0 Å². The van der Waals surface area contributed by atoms with Gasteiger partial charge in [0.15, 0.2) is 0 Å². The predicted octanol–water partition coefficient (Wildman–Crippen LogP) is 2.41. The van der Waals surface area contributed by atoms with E-state index < -0.39 is 11.8 Å². The van der Waals surface area contributed by atoms with Gasteiger partial charge in [-0.2, -0.15) is 8.78 Å². The van der Waals surface area contributed by atoms with Crippen molar-refractivity contribution in [2.75, 3.05) is 20.1 Å². The van der Waals surface area contributed by atoms with Crippen LogP contribution in [0.1, 0.15) is 18.4 Å². The van der Waals surface area contributed by atoms with Crippen molar-refractivity contribution in [2.45, 2.75) is 24.8 Å². The van der Waals surface area contributed by atoms with Crippen LogP contribution in [-0.4, -0.2) is 37.0 Å². The fraction of sp³-hybridized carbons (Fsp3) is 0.500. The van der Waals surface area contributed by atoms with Gasteiger partial charge in [0.05, 0.1) is 0 Å². The van der Waals surface area contributed by atoms with E-state index in [0.717, 1.165) is 12.8 Å². The fourth-order valence-corrected chi connectivity index (χ4v) is 2.37. The molecular weight excluding hydrogens is 286 g/mol. The van der Waals surface area contributed by atoms with Crippen molar-refractivity contribution in [3.8, 4) is 0 Å². The average Bonchev–Trinajstić information content (AvgIpc) is 2.47. The van der Waals surface area contributed by atoms with Crippen molar-refractivity contribution in [3.63, 3.8) is 0 Å². The molecule has 112 valence electrons. The molecule has 1 aliphatic heterocycles. The first-order chi connectivity index (χ1) is 9.05. The summed E-state index contributed by atoms with van der Waals surface area (Å²) >= 11 is 0. The van der Waals surface area contributed by atoms with Crippen LogP contribution in [0.15, 0.2) is 30.3 Å². The van der Waals surface area contributed by atoms with E-state index >= 15 is 0 Å². The van der Waals surface area contributed by atoms with Crippen molar-refractivity contribution >= 4 is 18.3 Å². The summed E-state index contributed by atoms with van der Waals surface area (Å²) in [5.74, 6) is -4.55. The van der Waals surface area contributed by atoms with Crippen LogP contribution >= 0.6 is 12.4 Å². The number of likely N-dealkylation sites (N-methyl/N-ethyl adjacent to an activating group) is 1. The normalized spacial score (nSPS) is 19.4. The Morgan fingerprint density at radius 1 is 1.35 bits per heavy atom. The Labute approximate surface area is 123 Å². The number of likely N-dealkylation sites (tertiary alicyclic amines) is 1. The van der Waals surface area contributed by atoms with Gasteiger partial charge in [-0.3, -0.25) is 4.79 Å². The summed E-state index contributed by atoms with van der Waals surface area (Å²) in [6, 6.07) is 7.37. The van der Waals surface area contributed by atoms with Crippen molar-refractivity contribution in [1.29, 1.82) is 0 Å². The number of hydrogen-bond acceptors (Lipinski definition) is 2. The van der Waals surface area contributed by atoms with Crippen LogP contribution in [0.5, 0.6) is 0 Å². The first-order valence-corrected chi connectivity index (χ1v) is 6.45. The molecule has 1 aromatic rings. The lowest BCUT2D eigenvalue weighted by atomic mass is 10.0. The molecule has 0 aromatic heterocycles. The zero-order chi connectivity index (χ0) is 13.9. The van der Waals surface area contributed by atoms with Gasteiger partial charge in [0.2, 0.25) is 0 Å². The summed E-state index contributed by atoms with van der Waals surface area (Å²) in [5, 5.41) is 3.04. The molecule has 0 aliphatic carbocycles. The van der Waals surface area contributed by atoms with Gasteiger partial charge in [0.1, 0.15) is 0 Å². The van der Waals surface area contributed by atoms with Crippen LogP contribution in [0, 0.1) is 0 Å². The highest BCUT2D eigenvalue weighted by Crippen LogP contribution is 2.31. The van der Waals surface area contributed by atoms with Gasteiger partial charge in [-0.25, -0.2) is 0 Å². The number of alkyl halides is 2. The van der Waals surface area contributed by atoms with E-state index in [1.165, 1.54) is 29.2 Å². The standard InChI is InChI=1S/C14H18F2N2O.ClH/c1-17-12-8-5-9-18(10-12)13(19)14(15,16)11-6-3-2-4-7-11;/h2-4,6-7,12,17H,5,8-10H2,1H3;1H. The van der Waals surface area contributed by atoms with E-state index in [4.69, 9.17) is 0 Å². The van der Waals surface area contributed by atoms with Gasteiger partial charge in [-0.1, -0.05) is 30.3 Å². The molecular formula is C14H19ClF2N2O. The second kappa shape index (κ2) is 6.99. The Morgan fingerprint density at radius 2 is 2.00 bits per heavy atom. The molecule has 1 aliphatic rings. The van der Waals surface area contributed by atoms with Crippen molar-refractivity contribution in [1.82, 2.24) is 10.2 Å². The third-order valence-corrected chi connectivity index (χ3v) is 3.52. The van der Waals surface area contributed by atoms with Crippen LogP contribution in [0.3, 0.4) is 0 Å². The van der Waals surface area contributed by atoms with Crippen molar-refractivity contribution in [3.05, 3.63) is 35.9 Å². The summed E-state index contributed by atoms with van der Waals surface area (Å²) in [6.07, 6.45) is 1.67. The van der Waals surface area contributed by atoms with Crippen LogP contribution < -0.4 is 5.32 Å². The number of carbonyl (C=O) groups is 1. The summed E-state index contributed by atoms with van der Waals surface area (Å²) < 4.78 is 28.3. The zero-order valence-electron chi connectivity index (χ0n) is 11.3. The van der Waals surface area contributed by atoms with E-state index in [-0.39, 0.29) is 24.0 Å². The molecule has 1 aromatic carbocycles. The lowest BCUT2D eigenvalue weighted by Gasteiger charge is -2.34. The molecule has 1 amide bonds. The lowest BCUT2D eigenvalue weighted by Crippen LogP contribution is -2.51. The molecule has 1 N–H and O–H groups in total. The van der Waals surface area contributed by atoms with E-state index in [1.54, 1.807) is 13.1 Å². The highest BCUT2D eigenvalue weighted by atomic mass is 35.5. The SMILES string of the molecule is CNC1CCCN(C(=O)C(F)(F)c2ccccc2)C1.Cl. The average molecular weight is 305 g/mol. The van der Waals surface area contributed by atoms with E-state index in [1.807, 2.05) is 0 Å². The molecule has 1 unspecified atom stereocenters. The summed E-state index contributed by atoms with van der Waals surface area (Å²) in [4.78, 5) is 13.3. The van der Waals surface area contributed by atoms with Gasteiger partial charge >= 0.3 is 5.92 Å². The number of nitrogens with zero attached hydrogens (tertiary/aromatic N) is 1. The van der Waals surface area contributed by atoms with Gasteiger partial charge in [-0.05, 0) is 19.9 Å². The third kappa shape index (κ3) is 3.46. The largest absolute Gasteiger partial charge is 0.349 e. The van der Waals surface area contributed by atoms with Crippen LogP contribution in [0.4, 0.5) is 8.78 Å². The molecule has 2 rings (SSSR count). The Balaban J connectivity index is 0.00000200. The number of benzene rings is 1. The lowest BCUT2D eigenvalue weighted by molar-refractivity contribution is -0.160. The maximum Gasteiger partial charge on any atom is 0.349 e. The second-order valence-corrected chi connectivity index (χ2v) is 4.82. The fourth-order valence-electron chi connectivity index (χ4n) is 2.37. The monoisotopic (exact) mass is 304 g/mol. The second-order valence-electron chi connectivity index (χ2n) is 4.82. The Morgan fingerprint density at radius 3 is 2.60 bits per heavy atom. The molecule has 20 heavy (non-hydrogen) atoms. The Kier molecular flexibility index (Phi) is 5.89. The summed E-state index contributed by atoms with van der Waals surface area (Å²) in [6.45, 7) is 0.747. The van der Waals surface area contributed by atoms with Crippen LogP contribution in [-0.2, 0) is 10.7 Å². The molecule has 0 radical (unpaired) electrons. The highest BCUT2D eigenvalue weighted by Gasteiger charge is 2.44. The van der Waals surface area contributed by atoms with E-state index in [2.05, 4.69) is 5.32 Å². The van der Waals surface area contributed by atoms with E-state index in [9.17, 15) is 13.6 Å².